The largest absolute Gasteiger partial charge is 0.317 e. The van der Waals surface area contributed by atoms with Gasteiger partial charge in [0.05, 0.1) is 21.4 Å². The van der Waals surface area contributed by atoms with Crippen LogP contribution < -0.4 is 5.56 Å². The fraction of sp³-hybridized carbons (Fsp3) is 0. The summed E-state index contributed by atoms with van der Waals surface area (Å²) in [5, 5.41) is 20.9. The van der Waals surface area contributed by atoms with Crippen LogP contribution in [0.5, 0.6) is 0 Å². The van der Waals surface area contributed by atoms with E-state index in [-0.39, 0.29) is 22.6 Å². The lowest BCUT2D eigenvalue weighted by Gasteiger charge is -2.07. The molecule has 0 fully saturated rings. The summed E-state index contributed by atoms with van der Waals surface area (Å²) in [5.41, 5.74) is 1.72. The Morgan fingerprint density at radius 3 is 2.62 bits per heavy atom. The molecule has 0 radical (unpaired) electrons. The molecular formula is C21H13N5O3. The van der Waals surface area contributed by atoms with E-state index in [4.69, 9.17) is 0 Å². The second-order valence-corrected chi connectivity index (χ2v) is 6.18. The van der Waals surface area contributed by atoms with Crippen molar-refractivity contribution in [1.29, 1.82) is 5.26 Å². The number of hydrogen-bond donors (Lipinski definition) is 1. The maximum atomic E-state index is 12.3. The van der Waals surface area contributed by atoms with Crippen LogP contribution in [0.4, 0.5) is 5.69 Å². The molecule has 8 nitrogen and oxygen atoms in total. The van der Waals surface area contributed by atoms with E-state index in [9.17, 15) is 20.2 Å². The molecule has 4 rings (SSSR count). The minimum absolute atomic E-state index is 0.00588. The predicted octanol–water partition coefficient (Wildman–Crippen LogP) is 3.69. The zero-order valence-electron chi connectivity index (χ0n) is 14.9. The summed E-state index contributed by atoms with van der Waals surface area (Å²) in [6, 6.07) is 18.6. The van der Waals surface area contributed by atoms with Crippen LogP contribution in [0.1, 0.15) is 11.5 Å². The Hall–Kier alpha value is -4.51. The molecule has 0 amide bonds. The third kappa shape index (κ3) is 3.40. The molecule has 8 heteroatoms. The molecule has 0 saturated carbocycles. The highest BCUT2D eigenvalue weighted by Crippen LogP contribution is 2.21. The molecule has 0 saturated heterocycles. The molecule has 2 heterocycles. The number of H-pyrrole nitrogens is 1. The fourth-order valence-corrected chi connectivity index (χ4v) is 3.00. The Morgan fingerprint density at radius 1 is 1.14 bits per heavy atom. The summed E-state index contributed by atoms with van der Waals surface area (Å²) in [6.07, 6.45) is 3.38. The van der Waals surface area contributed by atoms with Crippen LogP contribution >= 0.6 is 0 Å². The fourth-order valence-electron chi connectivity index (χ4n) is 3.00. The molecule has 0 bridgehead atoms. The van der Waals surface area contributed by atoms with Crippen molar-refractivity contribution in [3.63, 3.8) is 0 Å². The number of para-hydroxylation sites is 1. The van der Waals surface area contributed by atoms with Crippen LogP contribution in [0.15, 0.2) is 71.7 Å². The number of nitriles is 1. The number of nitrogens with one attached hydrogen (secondary N) is 1. The topological polar surface area (TPSA) is 118 Å². The zero-order valence-corrected chi connectivity index (χ0v) is 14.9. The lowest BCUT2D eigenvalue weighted by molar-refractivity contribution is -0.384. The van der Waals surface area contributed by atoms with Gasteiger partial charge in [-0.1, -0.05) is 12.1 Å². The molecule has 0 aliphatic carbocycles. The quantitative estimate of drug-likeness (QED) is 0.328. The Bertz CT molecular complexity index is 1360. The SMILES string of the molecule is N#C/C(=C\c1cccn1-c1ccc([N+](=O)[O-])cc1)c1nc2ccccc2c(=O)[nH]1. The lowest BCUT2D eigenvalue weighted by Crippen LogP contribution is -2.11. The van der Waals surface area contributed by atoms with Crippen molar-refractivity contribution >= 4 is 28.2 Å². The zero-order chi connectivity index (χ0) is 20.4. The van der Waals surface area contributed by atoms with Crippen LogP contribution in [-0.4, -0.2) is 19.5 Å². The minimum atomic E-state index is -0.463. The maximum absolute atomic E-state index is 12.3. The number of nitro benzene ring substituents is 1. The second-order valence-electron chi connectivity index (χ2n) is 6.18. The van der Waals surface area contributed by atoms with E-state index in [0.717, 1.165) is 0 Å². The molecule has 1 N–H and O–H groups in total. The highest BCUT2D eigenvalue weighted by atomic mass is 16.6. The number of hydrogen-bond acceptors (Lipinski definition) is 5. The van der Waals surface area contributed by atoms with Crippen molar-refractivity contribution in [1.82, 2.24) is 14.5 Å². The van der Waals surface area contributed by atoms with E-state index < -0.39 is 4.92 Å². The molecule has 140 valence electrons. The number of nitro groups is 1. The number of rotatable bonds is 4. The van der Waals surface area contributed by atoms with Crippen molar-refractivity contribution in [3.05, 3.63) is 98.8 Å². The Labute approximate surface area is 164 Å². The van der Waals surface area contributed by atoms with Gasteiger partial charge in [0.2, 0.25) is 0 Å². The summed E-state index contributed by atoms with van der Waals surface area (Å²) in [4.78, 5) is 29.7. The number of nitrogens with zero attached hydrogens (tertiary/aromatic N) is 4. The summed E-state index contributed by atoms with van der Waals surface area (Å²) in [6.45, 7) is 0. The van der Waals surface area contributed by atoms with E-state index in [0.29, 0.717) is 22.3 Å². The molecular weight excluding hydrogens is 370 g/mol. The van der Waals surface area contributed by atoms with Crippen LogP contribution in [-0.2, 0) is 0 Å². The van der Waals surface area contributed by atoms with E-state index >= 15 is 0 Å². The van der Waals surface area contributed by atoms with Gasteiger partial charge >= 0.3 is 0 Å². The van der Waals surface area contributed by atoms with Crippen molar-refractivity contribution in [2.75, 3.05) is 0 Å². The van der Waals surface area contributed by atoms with Crippen molar-refractivity contribution in [3.8, 4) is 11.8 Å². The molecule has 0 atom stereocenters. The van der Waals surface area contributed by atoms with E-state index in [1.54, 1.807) is 65.4 Å². The average Bonchev–Trinajstić information content (AvgIpc) is 3.20. The van der Waals surface area contributed by atoms with E-state index in [1.165, 1.54) is 12.1 Å². The second kappa shape index (κ2) is 7.25. The number of benzene rings is 2. The first kappa shape index (κ1) is 17.9. The predicted molar refractivity (Wildman–Crippen MR) is 108 cm³/mol. The number of aromatic nitrogens is 3. The van der Waals surface area contributed by atoms with Gasteiger partial charge in [0.1, 0.15) is 6.07 Å². The van der Waals surface area contributed by atoms with E-state index in [1.807, 2.05) is 0 Å². The van der Waals surface area contributed by atoms with Crippen molar-refractivity contribution < 1.29 is 4.92 Å². The molecule has 2 aromatic heterocycles. The highest BCUT2D eigenvalue weighted by Gasteiger charge is 2.11. The highest BCUT2D eigenvalue weighted by molar-refractivity contribution is 5.88. The number of fused-ring (bicyclic) bond motifs is 1. The Balaban J connectivity index is 1.78. The van der Waals surface area contributed by atoms with Crippen molar-refractivity contribution in [2.24, 2.45) is 0 Å². The maximum Gasteiger partial charge on any atom is 0.269 e. The van der Waals surface area contributed by atoms with Gasteiger partial charge in [-0.05, 0) is 42.5 Å². The summed E-state index contributed by atoms with van der Waals surface area (Å²) in [7, 11) is 0. The van der Waals surface area contributed by atoms with Gasteiger partial charge < -0.3 is 9.55 Å². The van der Waals surface area contributed by atoms with Gasteiger partial charge in [-0.15, -0.1) is 0 Å². The summed E-state index contributed by atoms with van der Waals surface area (Å²) < 4.78 is 1.78. The lowest BCUT2D eigenvalue weighted by atomic mass is 10.2. The van der Waals surface area contributed by atoms with Gasteiger partial charge in [0.15, 0.2) is 5.82 Å². The average molecular weight is 383 g/mol. The van der Waals surface area contributed by atoms with Crippen LogP contribution in [0.2, 0.25) is 0 Å². The molecule has 0 spiro atoms. The number of allylic oxidation sites excluding steroid dienone is 1. The van der Waals surface area contributed by atoms with E-state index in [2.05, 4.69) is 16.0 Å². The van der Waals surface area contributed by atoms with Gasteiger partial charge in [-0.2, -0.15) is 5.26 Å². The van der Waals surface area contributed by atoms with Gasteiger partial charge in [0.25, 0.3) is 11.2 Å². The minimum Gasteiger partial charge on any atom is -0.317 e. The molecule has 29 heavy (non-hydrogen) atoms. The van der Waals surface area contributed by atoms with Gasteiger partial charge in [0, 0.05) is 29.7 Å². The van der Waals surface area contributed by atoms with Crippen LogP contribution in [0.3, 0.4) is 0 Å². The molecule has 0 aliphatic heterocycles. The molecule has 0 unspecified atom stereocenters. The molecule has 4 aromatic rings. The normalized spacial score (nSPS) is 11.3. The third-order valence-electron chi connectivity index (χ3n) is 4.40. The monoisotopic (exact) mass is 383 g/mol. The van der Waals surface area contributed by atoms with Crippen LogP contribution in [0, 0.1) is 21.4 Å². The van der Waals surface area contributed by atoms with Crippen molar-refractivity contribution in [2.45, 2.75) is 0 Å². The van der Waals surface area contributed by atoms with Gasteiger partial charge in [-0.25, -0.2) is 4.98 Å². The third-order valence-corrected chi connectivity index (χ3v) is 4.40. The van der Waals surface area contributed by atoms with Crippen LogP contribution in [0.25, 0.3) is 28.2 Å². The number of non-ortho nitro benzene ring substituents is 1. The molecule has 0 aliphatic rings. The first-order chi connectivity index (χ1) is 14.1. The summed E-state index contributed by atoms with van der Waals surface area (Å²) >= 11 is 0. The molecule has 2 aromatic carbocycles. The summed E-state index contributed by atoms with van der Waals surface area (Å²) in [5.74, 6) is 0.174. The first-order valence-electron chi connectivity index (χ1n) is 8.60. The Morgan fingerprint density at radius 2 is 1.90 bits per heavy atom. The standard InChI is InChI=1S/C21H13N5O3/c22-13-14(20-23-19-6-2-1-5-18(19)21(27)24-20)12-17-4-3-11-25(17)15-7-9-16(10-8-15)26(28)29/h1-12H,(H,23,24,27)/b14-12+. The number of aromatic amines is 1. The smallest absolute Gasteiger partial charge is 0.269 e. The first-order valence-corrected chi connectivity index (χ1v) is 8.60. The van der Waals surface area contributed by atoms with Gasteiger partial charge in [-0.3, -0.25) is 14.9 Å². The Kier molecular flexibility index (Phi) is 4.47.